The Bertz CT molecular complexity index is 1090. The van der Waals surface area contributed by atoms with Gasteiger partial charge >= 0.3 is 12.1 Å². The van der Waals surface area contributed by atoms with Gasteiger partial charge in [-0.05, 0) is 77.8 Å². The highest BCUT2D eigenvalue weighted by Gasteiger charge is 2.47. The van der Waals surface area contributed by atoms with E-state index in [1.807, 2.05) is 12.1 Å². The number of aliphatic hydroxyl groups excluding tert-OH is 1. The van der Waals surface area contributed by atoms with Gasteiger partial charge < -0.3 is 24.1 Å². The zero-order chi connectivity index (χ0) is 27.4. The number of hydrogen-bond acceptors (Lipinski definition) is 7. The molecule has 1 heterocycles. The van der Waals surface area contributed by atoms with Crippen LogP contribution in [0, 0.1) is 0 Å². The molecule has 1 N–H and O–H groups in total. The van der Waals surface area contributed by atoms with Crippen LogP contribution in [0.5, 0.6) is 11.5 Å². The lowest BCUT2D eigenvalue weighted by Crippen LogP contribution is -2.55. The third kappa shape index (κ3) is 7.52. The van der Waals surface area contributed by atoms with E-state index in [0.717, 1.165) is 5.56 Å². The van der Waals surface area contributed by atoms with Crippen molar-refractivity contribution in [1.29, 1.82) is 0 Å². The number of rotatable bonds is 8. The predicted octanol–water partition coefficient (Wildman–Crippen LogP) is 5.33. The Morgan fingerprint density at radius 1 is 1.14 bits per heavy atom. The van der Waals surface area contributed by atoms with Crippen LogP contribution in [-0.4, -0.2) is 59.1 Å². The Morgan fingerprint density at radius 3 is 2.43 bits per heavy atom. The van der Waals surface area contributed by atoms with E-state index < -0.39 is 35.4 Å². The molecule has 0 spiro atoms. The molecule has 2 aromatic carbocycles. The number of fused-ring (bicyclic) bond motifs is 1. The molecule has 0 aromatic heterocycles. The fourth-order valence-electron chi connectivity index (χ4n) is 4.08. The third-order valence-corrected chi connectivity index (χ3v) is 6.10. The largest absolute Gasteiger partial charge is 0.485 e. The summed E-state index contributed by atoms with van der Waals surface area (Å²) >= 11 is 6.21. The maximum atomic E-state index is 13.4. The maximum absolute atomic E-state index is 13.4. The zero-order valence-corrected chi connectivity index (χ0v) is 23.0. The number of carbonyl (C=O) groups is 2. The Balaban J connectivity index is 1.84. The van der Waals surface area contributed by atoms with Crippen LogP contribution in [0.4, 0.5) is 4.79 Å². The molecule has 3 rings (SSSR count). The molecule has 0 fully saturated rings. The van der Waals surface area contributed by atoms with Crippen LogP contribution in [0.1, 0.15) is 58.7 Å². The van der Waals surface area contributed by atoms with Crippen molar-refractivity contribution in [3.8, 4) is 11.5 Å². The number of carbonyl (C=O) groups excluding carboxylic acids is 2. The highest BCUT2D eigenvalue weighted by molar-refractivity contribution is 6.30. The van der Waals surface area contributed by atoms with Gasteiger partial charge in [-0.25, -0.2) is 9.59 Å². The van der Waals surface area contributed by atoms with Crippen molar-refractivity contribution < 1.29 is 33.6 Å². The van der Waals surface area contributed by atoms with Crippen molar-refractivity contribution in [3.05, 3.63) is 58.6 Å². The molecule has 0 radical (unpaired) electrons. The van der Waals surface area contributed by atoms with Gasteiger partial charge in [-0.2, -0.15) is 0 Å². The zero-order valence-electron chi connectivity index (χ0n) is 22.2. The number of amides is 1. The summed E-state index contributed by atoms with van der Waals surface area (Å²) in [4.78, 5) is 26.5. The van der Waals surface area contributed by atoms with E-state index in [-0.39, 0.29) is 13.2 Å². The Labute approximate surface area is 223 Å². The molecule has 0 saturated carbocycles. The summed E-state index contributed by atoms with van der Waals surface area (Å²) in [5, 5.41) is 11.8. The molecule has 8 nitrogen and oxygen atoms in total. The predicted molar refractivity (Wildman–Crippen MR) is 140 cm³/mol. The van der Waals surface area contributed by atoms with Crippen LogP contribution >= 0.6 is 11.6 Å². The summed E-state index contributed by atoms with van der Waals surface area (Å²) in [6.45, 7) is 11.1. The Kier molecular flexibility index (Phi) is 8.97. The van der Waals surface area contributed by atoms with E-state index >= 15 is 0 Å². The summed E-state index contributed by atoms with van der Waals surface area (Å²) in [7, 11) is 0. The molecule has 1 aliphatic rings. The first-order valence-corrected chi connectivity index (χ1v) is 12.7. The number of hydrogen-bond donors (Lipinski definition) is 1. The highest BCUT2D eigenvalue weighted by Crippen LogP contribution is 2.44. The highest BCUT2D eigenvalue weighted by atomic mass is 35.5. The van der Waals surface area contributed by atoms with E-state index in [0.29, 0.717) is 35.1 Å². The van der Waals surface area contributed by atoms with Crippen molar-refractivity contribution in [2.45, 2.75) is 71.3 Å². The standard InChI is InChI=1S/C28H36ClNO7/c1-7-34-23(31)17-35-20-11-8-18(9-12-20)14-15-30(26(33)37-27(2,3)4)24-21-13-10-19(29)16-22(21)36-28(5,6)25(24)32/h8-13,16,24-25,32H,7,14-15,17H2,1-6H3. The lowest BCUT2D eigenvalue weighted by Gasteiger charge is -2.46. The van der Waals surface area contributed by atoms with Crippen LogP contribution < -0.4 is 9.47 Å². The molecule has 2 atom stereocenters. The summed E-state index contributed by atoms with van der Waals surface area (Å²) in [6.07, 6.45) is -1.07. The fourth-order valence-corrected chi connectivity index (χ4v) is 4.25. The van der Waals surface area contributed by atoms with Crippen LogP contribution in [0.15, 0.2) is 42.5 Å². The SMILES string of the molecule is CCOC(=O)COc1ccc(CCN(C(=O)OC(C)(C)C)C2c3ccc(Cl)cc3OC(C)(C)C2O)cc1. The van der Waals surface area contributed by atoms with Gasteiger partial charge in [0.15, 0.2) is 6.61 Å². The Morgan fingerprint density at radius 2 is 1.81 bits per heavy atom. The molecule has 2 unspecified atom stereocenters. The second-order valence-electron chi connectivity index (χ2n) is 10.4. The van der Waals surface area contributed by atoms with Gasteiger partial charge in [-0.15, -0.1) is 0 Å². The number of aliphatic hydroxyl groups is 1. The van der Waals surface area contributed by atoms with Crippen molar-refractivity contribution in [2.24, 2.45) is 0 Å². The number of esters is 1. The minimum absolute atomic E-state index is 0.166. The van der Waals surface area contributed by atoms with Crippen molar-refractivity contribution in [1.82, 2.24) is 4.90 Å². The van der Waals surface area contributed by atoms with E-state index in [2.05, 4.69) is 0 Å². The molecule has 0 saturated heterocycles. The van der Waals surface area contributed by atoms with Crippen molar-refractivity contribution >= 4 is 23.7 Å². The van der Waals surface area contributed by atoms with Gasteiger partial charge in [-0.3, -0.25) is 4.90 Å². The first kappa shape index (κ1) is 28.6. The van der Waals surface area contributed by atoms with Gasteiger partial charge in [0, 0.05) is 17.1 Å². The van der Waals surface area contributed by atoms with Crippen LogP contribution in [0.3, 0.4) is 0 Å². The molecule has 0 bridgehead atoms. The lowest BCUT2D eigenvalue weighted by molar-refractivity contribution is -0.145. The molecule has 202 valence electrons. The number of ether oxygens (including phenoxy) is 4. The second-order valence-corrected chi connectivity index (χ2v) is 10.9. The summed E-state index contributed by atoms with van der Waals surface area (Å²) < 4.78 is 22.1. The topological polar surface area (TPSA) is 94.5 Å². The number of benzene rings is 2. The molecule has 0 aliphatic carbocycles. The fraction of sp³-hybridized carbons (Fsp3) is 0.500. The first-order valence-electron chi connectivity index (χ1n) is 12.3. The summed E-state index contributed by atoms with van der Waals surface area (Å²) in [6, 6.07) is 11.7. The molecule has 2 aromatic rings. The van der Waals surface area contributed by atoms with E-state index in [1.165, 1.54) is 0 Å². The smallest absolute Gasteiger partial charge is 0.410 e. The van der Waals surface area contributed by atoms with E-state index in [1.54, 1.807) is 76.8 Å². The summed E-state index contributed by atoms with van der Waals surface area (Å²) in [5.74, 6) is 0.622. The third-order valence-electron chi connectivity index (χ3n) is 5.87. The van der Waals surface area contributed by atoms with Crippen molar-refractivity contribution in [3.63, 3.8) is 0 Å². The molecule has 1 amide bonds. The average molecular weight is 534 g/mol. The van der Waals surface area contributed by atoms with Gasteiger partial charge in [0.2, 0.25) is 0 Å². The van der Waals surface area contributed by atoms with Crippen LogP contribution in [0.25, 0.3) is 0 Å². The van der Waals surface area contributed by atoms with Crippen LogP contribution in [-0.2, 0) is 20.7 Å². The maximum Gasteiger partial charge on any atom is 0.410 e. The average Bonchev–Trinajstić information content (AvgIpc) is 2.79. The number of nitrogens with zero attached hydrogens (tertiary/aromatic N) is 1. The minimum atomic E-state index is -1.02. The van der Waals surface area contributed by atoms with E-state index in [9.17, 15) is 14.7 Å². The molecule has 9 heteroatoms. The first-order chi connectivity index (χ1) is 17.3. The minimum Gasteiger partial charge on any atom is -0.485 e. The van der Waals surface area contributed by atoms with Crippen molar-refractivity contribution in [2.75, 3.05) is 19.8 Å². The van der Waals surface area contributed by atoms with Crippen LogP contribution in [0.2, 0.25) is 5.02 Å². The molecule has 37 heavy (non-hydrogen) atoms. The lowest BCUT2D eigenvalue weighted by atomic mass is 9.85. The molecule has 1 aliphatic heterocycles. The Hall–Kier alpha value is -2.97. The number of halogens is 1. The monoisotopic (exact) mass is 533 g/mol. The van der Waals surface area contributed by atoms with Gasteiger partial charge in [0.1, 0.15) is 28.8 Å². The van der Waals surface area contributed by atoms with Gasteiger partial charge in [0.25, 0.3) is 0 Å². The van der Waals surface area contributed by atoms with Gasteiger partial charge in [0.05, 0.1) is 12.6 Å². The van der Waals surface area contributed by atoms with Gasteiger partial charge in [-0.1, -0.05) is 29.8 Å². The molecular weight excluding hydrogens is 498 g/mol. The summed E-state index contributed by atoms with van der Waals surface area (Å²) in [5.41, 5.74) is -0.0960. The normalized spacial score (nSPS) is 18.3. The molecular formula is C28H36ClNO7. The van der Waals surface area contributed by atoms with E-state index in [4.69, 9.17) is 30.5 Å². The second kappa shape index (κ2) is 11.6. The quantitative estimate of drug-likeness (QED) is 0.458.